The minimum absolute atomic E-state index is 0. The number of nitrogens with one attached hydrogen (secondary N) is 1. The number of amides is 1. The summed E-state index contributed by atoms with van der Waals surface area (Å²) in [5, 5.41) is 6.72. The van der Waals surface area contributed by atoms with Gasteiger partial charge < -0.3 is 23.6 Å². The molecule has 4 aromatic rings. The van der Waals surface area contributed by atoms with Crippen molar-refractivity contribution in [2.45, 2.75) is 6.42 Å². The van der Waals surface area contributed by atoms with Crippen LogP contribution < -0.4 is 16.8 Å². The number of carbonyl (C=O) groups excluding carboxylic acids is 1. The first-order valence-electron chi connectivity index (χ1n) is 8.92. The number of benzene rings is 1. The van der Waals surface area contributed by atoms with Crippen LogP contribution in [0.3, 0.4) is 0 Å². The fourth-order valence-corrected chi connectivity index (χ4v) is 2.99. The van der Waals surface area contributed by atoms with Gasteiger partial charge in [-0.1, -0.05) is 18.2 Å². The van der Waals surface area contributed by atoms with E-state index in [1.54, 1.807) is 18.2 Å². The number of nitrogens with zero attached hydrogens (tertiary/aromatic N) is 5. The molecule has 3 heterocycles. The van der Waals surface area contributed by atoms with Gasteiger partial charge >= 0.3 is 6.09 Å². The average molecular weight is 548 g/mol. The molecule has 176 valence electrons. The van der Waals surface area contributed by atoms with Gasteiger partial charge in [0.05, 0.1) is 24.5 Å². The molecule has 0 aliphatic rings. The molecule has 0 aliphatic heterocycles. The summed E-state index contributed by atoms with van der Waals surface area (Å²) in [6, 6.07) is 7.41. The van der Waals surface area contributed by atoms with Crippen molar-refractivity contribution in [2.24, 2.45) is 0 Å². The summed E-state index contributed by atoms with van der Waals surface area (Å²) in [5.74, 6) is -1.41. The van der Waals surface area contributed by atoms with Gasteiger partial charge in [-0.2, -0.15) is 19.7 Å². The third kappa shape index (κ3) is 5.05. The Balaban J connectivity index is 0.00000193. The Morgan fingerprint density at radius 2 is 1.85 bits per heavy atom. The minimum Gasteiger partial charge on any atom is -0.453 e. The first-order chi connectivity index (χ1) is 14.9. The van der Waals surface area contributed by atoms with Crippen LogP contribution in [-0.4, -0.2) is 37.9 Å². The molecule has 0 bridgehead atoms. The molecule has 1 amide bonds. The van der Waals surface area contributed by atoms with Crippen LogP contribution in [0.25, 0.3) is 17.0 Å². The maximum Gasteiger partial charge on any atom is 0.411 e. The van der Waals surface area contributed by atoms with E-state index in [0.29, 0.717) is 16.8 Å². The number of anilines is 3. The van der Waals surface area contributed by atoms with E-state index < -0.39 is 17.7 Å². The molecule has 13 heteroatoms. The van der Waals surface area contributed by atoms with Gasteiger partial charge in [0.25, 0.3) is 5.95 Å². The smallest absolute Gasteiger partial charge is 0.411 e. The first-order valence-corrected chi connectivity index (χ1v) is 8.92. The number of halogens is 2. The first kappa shape index (κ1) is 25.6. The Bertz CT molecular complexity index is 1290. The summed E-state index contributed by atoms with van der Waals surface area (Å²) in [5.41, 5.74) is 13.1. The van der Waals surface area contributed by atoms with Gasteiger partial charge in [-0.25, -0.2) is 18.6 Å². The van der Waals surface area contributed by atoms with Gasteiger partial charge in [0.15, 0.2) is 11.6 Å². The van der Waals surface area contributed by atoms with Crippen LogP contribution in [0.1, 0.15) is 11.3 Å². The molecule has 5 N–H and O–H groups in total. The predicted molar refractivity (Wildman–Crippen MR) is 115 cm³/mol. The Morgan fingerprint density at radius 3 is 2.48 bits per heavy atom. The normalized spacial score (nSPS) is 10.3. The summed E-state index contributed by atoms with van der Waals surface area (Å²) < 4.78 is 33.8. The molecule has 0 aliphatic carbocycles. The molecular formula is C20H19F2N8O2Pd-. The van der Waals surface area contributed by atoms with Crippen LogP contribution in [0, 0.1) is 19.1 Å². The van der Waals surface area contributed by atoms with E-state index in [1.807, 2.05) is 0 Å². The number of hydrogen-bond acceptors (Lipinski definition) is 8. The fourth-order valence-electron chi connectivity index (χ4n) is 2.99. The van der Waals surface area contributed by atoms with E-state index in [2.05, 4.69) is 30.1 Å². The van der Waals surface area contributed by atoms with E-state index >= 15 is 0 Å². The van der Waals surface area contributed by atoms with Crippen molar-refractivity contribution in [3.63, 3.8) is 0 Å². The van der Waals surface area contributed by atoms with Gasteiger partial charge in [-0.3, -0.25) is 5.32 Å². The number of fused-ring (bicyclic) bond motifs is 1. The molecule has 10 nitrogen and oxygen atoms in total. The van der Waals surface area contributed by atoms with Gasteiger partial charge in [0.2, 0.25) is 0 Å². The Kier molecular flexibility index (Phi) is 7.97. The van der Waals surface area contributed by atoms with E-state index in [1.165, 1.54) is 23.9 Å². The zero-order chi connectivity index (χ0) is 22.1. The van der Waals surface area contributed by atoms with Crippen LogP contribution >= 0.6 is 0 Å². The topological polar surface area (TPSA) is 147 Å². The molecule has 3 aromatic heterocycles. The number of pyridine rings is 1. The van der Waals surface area contributed by atoms with Gasteiger partial charge in [0, 0.05) is 32.9 Å². The molecule has 0 saturated carbocycles. The third-order valence-electron chi connectivity index (χ3n) is 4.43. The second-order valence-electron chi connectivity index (χ2n) is 6.43. The number of rotatable bonds is 4. The quantitative estimate of drug-likeness (QED) is 0.261. The van der Waals surface area contributed by atoms with Crippen molar-refractivity contribution >= 4 is 34.4 Å². The Hall–Kier alpha value is -3.69. The van der Waals surface area contributed by atoms with Crippen molar-refractivity contribution < 1.29 is 38.7 Å². The summed E-state index contributed by atoms with van der Waals surface area (Å²) in [6.45, 7) is 0. The molecule has 33 heavy (non-hydrogen) atoms. The van der Waals surface area contributed by atoms with Crippen molar-refractivity contribution in [1.82, 2.24) is 24.7 Å². The molecule has 0 radical (unpaired) electrons. The standard InChI is InChI=1S/C19H16F2N8O2.CH3.Pd/c1-31-19(30)25-15-16(22)26-18(27-17(15)23)29-13-7-10(20)8-24-14(13)12(28-29)6-9-4-2-3-5-11(9)21;;/h2-5,7-8H,6H2,1H3,(H,25,30)(H4,22,23,26,27);1H3;/q;-1;. The zero-order valence-electron chi connectivity index (χ0n) is 17.5. The Morgan fingerprint density at radius 1 is 1.18 bits per heavy atom. The van der Waals surface area contributed by atoms with Crippen LogP contribution in [0.2, 0.25) is 0 Å². The average Bonchev–Trinajstić information content (AvgIpc) is 3.09. The molecule has 0 unspecified atom stereocenters. The number of ether oxygens (including phenoxy) is 1. The van der Waals surface area contributed by atoms with Crippen molar-refractivity contribution in [3.05, 3.63) is 66.8 Å². The molecule has 0 atom stereocenters. The number of nitrogen functional groups attached to an aromatic ring is 2. The number of hydrogen-bond donors (Lipinski definition) is 3. The predicted octanol–water partition coefficient (Wildman–Crippen LogP) is 2.87. The van der Waals surface area contributed by atoms with Crippen molar-refractivity contribution in [2.75, 3.05) is 23.9 Å². The molecule has 0 fully saturated rings. The maximum atomic E-state index is 14.1. The van der Waals surface area contributed by atoms with Crippen LogP contribution in [0.15, 0.2) is 36.5 Å². The van der Waals surface area contributed by atoms with E-state index in [0.717, 1.165) is 6.20 Å². The largest absolute Gasteiger partial charge is 0.453 e. The second kappa shape index (κ2) is 10.3. The summed E-state index contributed by atoms with van der Waals surface area (Å²) in [4.78, 5) is 23.8. The second-order valence-corrected chi connectivity index (χ2v) is 6.43. The zero-order valence-corrected chi connectivity index (χ0v) is 19.0. The van der Waals surface area contributed by atoms with Gasteiger partial charge in [-0.05, 0) is 11.6 Å². The maximum absolute atomic E-state index is 14.1. The summed E-state index contributed by atoms with van der Waals surface area (Å²) in [6.07, 6.45) is 0.325. The number of nitrogens with two attached hydrogens (primary N) is 2. The minimum atomic E-state index is -0.808. The molecular weight excluding hydrogens is 529 g/mol. The SMILES string of the molecule is COC(=O)Nc1c(N)nc(-n2nc(Cc3ccccc3F)c3ncc(F)cc32)nc1N.[CH3-].[Pd]. The third-order valence-corrected chi connectivity index (χ3v) is 4.43. The fraction of sp³-hybridized carbons (Fsp3) is 0.100. The van der Waals surface area contributed by atoms with Crippen LogP contribution in [-0.2, 0) is 31.6 Å². The number of methoxy groups -OCH3 is 1. The molecule has 1 aromatic carbocycles. The number of aromatic nitrogens is 5. The van der Waals surface area contributed by atoms with Crippen LogP contribution in [0.5, 0.6) is 0 Å². The van der Waals surface area contributed by atoms with E-state index in [9.17, 15) is 13.6 Å². The van der Waals surface area contributed by atoms with Crippen molar-refractivity contribution in [1.29, 1.82) is 0 Å². The summed E-state index contributed by atoms with van der Waals surface area (Å²) >= 11 is 0. The molecule has 0 saturated heterocycles. The van der Waals surface area contributed by atoms with Gasteiger partial charge in [-0.15, -0.1) is 0 Å². The molecule has 4 rings (SSSR count). The Labute approximate surface area is 201 Å². The summed E-state index contributed by atoms with van der Waals surface area (Å²) in [7, 11) is 1.17. The number of carbonyl (C=O) groups is 1. The monoisotopic (exact) mass is 547 g/mol. The van der Waals surface area contributed by atoms with Crippen LogP contribution in [0.4, 0.5) is 30.9 Å². The van der Waals surface area contributed by atoms with E-state index in [-0.39, 0.29) is 63.1 Å². The van der Waals surface area contributed by atoms with Crippen molar-refractivity contribution in [3.8, 4) is 5.95 Å². The van der Waals surface area contributed by atoms with E-state index in [4.69, 9.17) is 11.5 Å². The molecule has 0 spiro atoms. The van der Waals surface area contributed by atoms with Gasteiger partial charge in [0.1, 0.15) is 22.8 Å².